The van der Waals surface area contributed by atoms with Gasteiger partial charge in [-0.2, -0.15) is 0 Å². The van der Waals surface area contributed by atoms with Crippen LogP contribution >= 0.6 is 40.7 Å². The SMILES string of the molecule is CN(C)C(=O)c1cn(C/C=C/[C@H]2NCCC[C@@H]2O)c2ccc(Br)cc12.Cl.Cl. The molecule has 3 rings (SSSR count). The zero-order valence-electron chi connectivity index (χ0n) is 15.4. The van der Waals surface area contributed by atoms with E-state index >= 15 is 0 Å². The fourth-order valence-corrected chi connectivity index (χ4v) is 3.61. The quantitative estimate of drug-likeness (QED) is 0.660. The number of amides is 1. The summed E-state index contributed by atoms with van der Waals surface area (Å²) in [5.74, 6) is -0.00445. The Morgan fingerprint density at radius 2 is 2.15 bits per heavy atom. The molecule has 2 atom stereocenters. The Kier molecular flexibility index (Phi) is 9.31. The summed E-state index contributed by atoms with van der Waals surface area (Å²) in [5.41, 5.74) is 1.72. The topological polar surface area (TPSA) is 57.5 Å². The molecule has 27 heavy (non-hydrogen) atoms. The lowest BCUT2D eigenvalue weighted by Crippen LogP contribution is -2.43. The van der Waals surface area contributed by atoms with Crippen molar-refractivity contribution in [2.45, 2.75) is 31.5 Å². The van der Waals surface area contributed by atoms with Gasteiger partial charge < -0.3 is 19.9 Å². The van der Waals surface area contributed by atoms with Crippen molar-refractivity contribution < 1.29 is 9.90 Å². The van der Waals surface area contributed by atoms with Crippen LogP contribution < -0.4 is 5.32 Å². The van der Waals surface area contributed by atoms with Gasteiger partial charge in [-0.3, -0.25) is 4.79 Å². The minimum absolute atomic E-state index is 0. The van der Waals surface area contributed by atoms with E-state index in [2.05, 4.69) is 31.9 Å². The zero-order valence-corrected chi connectivity index (χ0v) is 18.6. The van der Waals surface area contributed by atoms with Crippen molar-refractivity contribution in [1.29, 1.82) is 0 Å². The second-order valence-corrected chi connectivity index (χ2v) is 7.59. The van der Waals surface area contributed by atoms with E-state index in [9.17, 15) is 9.90 Å². The summed E-state index contributed by atoms with van der Waals surface area (Å²) in [4.78, 5) is 14.1. The normalized spacial score (nSPS) is 19.6. The van der Waals surface area contributed by atoms with Gasteiger partial charge in [-0.05, 0) is 37.6 Å². The number of aliphatic hydroxyl groups is 1. The lowest BCUT2D eigenvalue weighted by Gasteiger charge is -2.26. The average molecular weight is 479 g/mol. The number of carbonyl (C=O) groups excluding carboxylic acids is 1. The molecule has 2 heterocycles. The molecule has 0 radical (unpaired) electrons. The molecule has 0 spiro atoms. The fraction of sp³-hybridized carbons (Fsp3) is 0.421. The van der Waals surface area contributed by atoms with Crippen LogP contribution in [0, 0.1) is 0 Å². The molecule has 0 bridgehead atoms. The number of aliphatic hydroxyl groups excluding tert-OH is 1. The number of benzene rings is 1. The summed E-state index contributed by atoms with van der Waals surface area (Å²) < 4.78 is 3.03. The van der Waals surface area contributed by atoms with Crippen LogP contribution in [0.25, 0.3) is 10.9 Å². The Balaban J connectivity index is 0.00000182. The van der Waals surface area contributed by atoms with E-state index in [0.29, 0.717) is 12.1 Å². The number of aromatic nitrogens is 1. The van der Waals surface area contributed by atoms with Crippen LogP contribution in [0.1, 0.15) is 23.2 Å². The molecule has 1 fully saturated rings. The van der Waals surface area contributed by atoms with Crippen molar-refractivity contribution in [3.05, 3.63) is 46.6 Å². The number of allylic oxidation sites excluding steroid dienone is 1. The van der Waals surface area contributed by atoms with E-state index in [1.165, 1.54) is 0 Å². The van der Waals surface area contributed by atoms with Crippen LogP contribution in [-0.4, -0.2) is 53.3 Å². The molecule has 0 unspecified atom stereocenters. The standard InChI is InChI=1S/C19H24BrN3O2.2ClH/c1-22(2)19(25)15-12-23(17-8-7-13(20)11-14(15)17)10-4-5-16-18(24)6-3-9-21-16;;/h4-5,7-8,11-12,16,18,21,24H,3,6,9-10H2,1-2H3;2*1H/b5-4+;;/t16-,18+;;/m1../s1. The fourth-order valence-electron chi connectivity index (χ4n) is 3.24. The Hall–Kier alpha value is -1.05. The highest BCUT2D eigenvalue weighted by Crippen LogP contribution is 2.26. The predicted octanol–water partition coefficient (Wildman–Crippen LogP) is 3.62. The molecule has 2 aromatic rings. The van der Waals surface area contributed by atoms with Crippen LogP contribution in [0.2, 0.25) is 0 Å². The Bertz CT molecular complexity index is 808. The summed E-state index contributed by atoms with van der Waals surface area (Å²) >= 11 is 3.49. The molecule has 0 saturated carbocycles. The molecule has 1 aliphatic rings. The van der Waals surface area contributed by atoms with Gasteiger partial charge >= 0.3 is 0 Å². The first-order valence-electron chi connectivity index (χ1n) is 8.55. The first-order chi connectivity index (χ1) is 12.0. The summed E-state index contributed by atoms with van der Waals surface area (Å²) in [6.07, 6.45) is 7.52. The number of halogens is 3. The highest BCUT2D eigenvalue weighted by atomic mass is 79.9. The summed E-state index contributed by atoms with van der Waals surface area (Å²) in [5, 5.41) is 14.3. The first kappa shape index (κ1) is 24.0. The van der Waals surface area contributed by atoms with Gasteiger partial charge in [0.1, 0.15) is 0 Å². The Morgan fingerprint density at radius 3 is 2.81 bits per heavy atom. The molecular weight excluding hydrogens is 453 g/mol. The number of nitrogens with zero attached hydrogens (tertiary/aromatic N) is 2. The van der Waals surface area contributed by atoms with Crippen LogP contribution in [0.15, 0.2) is 41.0 Å². The van der Waals surface area contributed by atoms with Crippen molar-refractivity contribution in [2.75, 3.05) is 20.6 Å². The minimum Gasteiger partial charge on any atom is -0.391 e. The largest absolute Gasteiger partial charge is 0.391 e. The third-order valence-corrected chi connectivity index (χ3v) is 5.09. The van der Waals surface area contributed by atoms with Crippen molar-refractivity contribution in [2.24, 2.45) is 0 Å². The van der Waals surface area contributed by atoms with Crippen LogP contribution in [0.5, 0.6) is 0 Å². The number of fused-ring (bicyclic) bond motifs is 1. The first-order valence-corrected chi connectivity index (χ1v) is 9.35. The van der Waals surface area contributed by atoms with E-state index in [1.54, 1.807) is 19.0 Å². The second kappa shape index (κ2) is 10.5. The number of hydrogen-bond donors (Lipinski definition) is 2. The summed E-state index contributed by atoms with van der Waals surface area (Å²) in [6, 6.07) is 6.00. The van der Waals surface area contributed by atoms with Crippen molar-refractivity contribution in [3.63, 3.8) is 0 Å². The highest BCUT2D eigenvalue weighted by molar-refractivity contribution is 9.10. The molecule has 1 saturated heterocycles. The van der Waals surface area contributed by atoms with Gasteiger partial charge in [0.2, 0.25) is 0 Å². The molecule has 2 N–H and O–H groups in total. The van der Waals surface area contributed by atoms with Gasteiger partial charge in [0, 0.05) is 42.2 Å². The molecular formula is C19H26BrCl2N3O2. The molecule has 150 valence electrons. The van der Waals surface area contributed by atoms with Gasteiger partial charge in [-0.15, -0.1) is 24.8 Å². The molecule has 1 aliphatic heterocycles. The molecule has 8 heteroatoms. The molecule has 1 aromatic heterocycles. The van der Waals surface area contributed by atoms with Crippen molar-refractivity contribution >= 4 is 57.6 Å². The van der Waals surface area contributed by atoms with Gasteiger partial charge in [0.05, 0.1) is 17.7 Å². The predicted molar refractivity (Wildman–Crippen MR) is 118 cm³/mol. The van der Waals surface area contributed by atoms with E-state index in [4.69, 9.17) is 0 Å². The van der Waals surface area contributed by atoms with E-state index in [-0.39, 0.29) is 42.9 Å². The van der Waals surface area contributed by atoms with Crippen LogP contribution in [0.3, 0.4) is 0 Å². The number of rotatable bonds is 4. The number of carbonyl (C=O) groups is 1. The highest BCUT2D eigenvalue weighted by Gasteiger charge is 2.20. The summed E-state index contributed by atoms with van der Waals surface area (Å²) in [6.45, 7) is 1.60. The van der Waals surface area contributed by atoms with Gasteiger partial charge in [0.15, 0.2) is 0 Å². The maximum atomic E-state index is 12.5. The molecule has 1 amide bonds. The maximum Gasteiger partial charge on any atom is 0.255 e. The van der Waals surface area contributed by atoms with Gasteiger partial charge in [-0.1, -0.05) is 28.1 Å². The number of piperidine rings is 1. The number of hydrogen-bond acceptors (Lipinski definition) is 3. The second-order valence-electron chi connectivity index (χ2n) is 6.67. The van der Waals surface area contributed by atoms with Crippen molar-refractivity contribution in [3.8, 4) is 0 Å². The Morgan fingerprint density at radius 1 is 1.41 bits per heavy atom. The lowest BCUT2D eigenvalue weighted by molar-refractivity contribution is 0.0829. The van der Waals surface area contributed by atoms with Crippen molar-refractivity contribution in [1.82, 2.24) is 14.8 Å². The van der Waals surface area contributed by atoms with E-state index in [1.807, 2.05) is 30.5 Å². The molecule has 5 nitrogen and oxygen atoms in total. The third kappa shape index (κ3) is 5.48. The number of nitrogens with one attached hydrogen (secondary N) is 1. The zero-order chi connectivity index (χ0) is 18.0. The van der Waals surface area contributed by atoms with Crippen LogP contribution in [-0.2, 0) is 6.54 Å². The van der Waals surface area contributed by atoms with Gasteiger partial charge in [0.25, 0.3) is 5.91 Å². The molecule has 1 aromatic carbocycles. The minimum atomic E-state index is -0.326. The smallest absolute Gasteiger partial charge is 0.255 e. The molecule has 0 aliphatic carbocycles. The average Bonchev–Trinajstić information content (AvgIpc) is 2.93. The third-order valence-electron chi connectivity index (χ3n) is 4.60. The van der Waals surface area contributed by atoms with Gasteiger partial charge in [-0.25, -0.2) is 0 Å². The lowest BCUT2D eigenvalue weighted by atomic mass is 10.0. The summed E-state index contributed by atoms with van der Waals surface area (Å²) in [7, 11) is 3.53. The van der Waals surface area contributed by atoms with E-state index < -0.39 is 0 Å². The van der Waals surface area contributed by atoms with Crippen LogP contribution in [0.4, 0.5) is 0 Å². The van der Waals surface area contributed by atoms with E-state index in [0.717, 1.165) is 34.8 Å². The monoisotopic (exact) mass is 477 g/mol. The Labute approximate surface area is 180 Å². The maximum absolute atomic E-state index is 12.5.